The van der Waals surface area contributed by atoms with E-state index in [4.69, 9.17) is 0 Å². The van der Waals surface area contributed by atoms with Gasteiger partial charge in [-0.25, -0.2) is 0 Å². The Morgan fingerprint density at radius 3 is 2.62 bits per heavy atom. The van der Waals surface area contributed by atoms with Gasteiger partial charge in [0.25, 0.3) is 0 Å². The molecule has 5 heteroatoms. The van der Waals surface area contributed by atoms with Crippen LogP contribution in [0, 0.1) is 5.92 Å². The lowest BCUT2D eigenvalue weighted by molar-refractivity contribution is -0.135. The summed E-state index contributed by atoms with van der Waals surface area (Å²) in [7, 11) is 4.07. The first kappa shape index (κ1) is 20.3. The van der Waals surface area contributed by atoms with Crippen LogP contribution in [0.4, 0.5) is 5.69 Å². The third-order valence-corrected chi connectivity index (χ3v) is 5.00. The maximum absolute atomic E-state index is 12.4. The van der Waals surface area contributed by atoms with Crippen LogP contribution >= 0.6 is 0 Å². The van der Waals surface area contributed by atoms with Gasteiger partial charge in [0.15, 0.2) is 0 Å². The summed E-state index contributed by atoms with van der Waals surface area (Å²) in [4.78, 5) is 28.4. The largest absolute Gasteiger partial charge is 0.378 e. The second-order valence-electron chi connectivity index (χ2n) is 7.38. The number of amides is 2. The van der Waals surface area contributed by atoms with Crippen molar-refractivity contribution in [3.8, 4) is 0 Å². The number of nitrogens with zero attached hydrogens (tertiary/aromatic N) is 2. The van der Waals surface area contributed by atoms with Gasteiger partial charge in [0.2, 0.25) is 11.8 Å². The summed E-state index contributed by atoms with van der Waals surface area (Å²) in [5.41, 5.74) is 2.49. The van der Waals surface area contributed by atoms with Crippen LogP contribution in [0.1, 0.15) is 44.6 Å². The van der Waals surface area contributed by atoms with E-state index in [0.717, 1.165) is 38.6 Å². The van der Waals surface area contributed by atoms with Crippen molar-refractivity contribution in [1.82, 2.24) is 10.2 Å². The average molecular weight is 360 g/mol. The highest BCUT2D eigenvalue weighted by Crippen LogP contribution is 2.18. The molecule has 1 heterocycles. The van der Waals surface area contributed by atoms with Crippen LogP contribution in [0.25, 0.3) is 0 Å². The lowest BCUT2D eigenvalue weighted by Gasteiger charge is -2.32. The first-order valence-electron chi connectivity index (χ1n) is 9.83. The third-order valence-electron chi connectivity index (χ3n) is 5.00. The van der Waals surface area contributed by atoms with Gasteiger partial charge in [0.05, 0.1) is 5.92 Å². The number of aryl methyl sites for hydroxylation is 1. The minimum absolute atomic E-state index is 0.0519. The Morgan fingerprint density at radius 2 is 1.96 bits per heavy atom. The Morgan fingerprint density at radius 1 is 1.23 bits per heavy atom. The molecule has 1 aromatic rings. The zero-order valence-corrected chi connectivity index (χ0v) is 16.5. The molecule has 1 saturated heterocycles. The SMILES string of the molecule is CCCC(=O)N1CCC[C@@H](C(=O)NCCCc2ccc(N(C)C)cc2)C1. The number of piperidine rings is 1. The molecule has 1 aliphatic heterocycles. The molecule has 5 nitrogen and oxygen atoms in total. The highest BCUT2D eigenvalue weighted by molar-refractivity contribution is 5.81. The first-order valence-corrected chi connectivity index (χ1v) is 9.83. The summed E-state index contributed by atoms with van der Waals surface area (Å²) in [6.07, 6.45) is 5.14. The van der Waals surface area contributed by atoms with E-state index in [1.54, 1.807) is 0 Å². The van der Waals surface area contributed by atoms with Crippen molar-refractivity contribution in [3.05, 3.63) is 29.8 Å². The Balaban J connectivity index is 1.70. The molecule has 2 amide bonds. The van der Waals surface area contributed by atoms with E-state index in [1.807, 2.05) is 25.9 Å². The second-order valence-corrected chi connectivity index (χ2v) is 7.38. The van der Waals surface area contributed by atoms with Crippen LogP contribution in [0.2, 0.25) is 0 Å². The van der Waals surface area contributed by atoms with Gasteiger partial charge in [-0.2, -0.15) is 0 Å². The first-order chi connectivity index (χ1) is 12.5. The van der Waals surface area contributed by atoms with Gasteiger partial charge in [-0.1, -0.05) is 19.1 Å². The summed E-state index contributed by atoms with van der Waals surface area (Å²) in [6, 6.07) is 8.54. The van der Waals surface area contributed by atoms with E-state index in [2.05, 4.69) is 34.5 Å². The summed E-state index contributed by atoms with van der Waals surface area (Å²) >= 11 is 0. The topological polar surface area (TPSA) is 52.7 Å². The molecule has 0 saturated carbocycles. The van der Waals surface area contributed by atoms with Crippen molar-refractivity contribution in [3.63, 3.8) is 0 Å². The highest BCUT2D eigenvalue weighted by atomic mass is 16.2. The van der Waals surface area contributed by atoms with Crippen LogP contribution in [0.5, 0.6) is 0 Å². The smallest absolute Gasteiger partial charge is 0.224 e. The zero-order chi connectivity index (χ0) is 18.9. The van der Waals surface area contributed by atoms with Gasteiger partial charge in [-0.3, -0.25) is 9.59 Å². The number of hydrogen-bond acceptors (Lipinski definition) is 3. The van der Waals surface area contributed by atoms with Gasteiger partial charge >= 0.3 is 0 Å². The molecule has 0 aliphatic carbocycles. The number of benzene rings is 1. The van der Waals surface area contributed by atoms with E-state index in [9.17, 15) is 9.59 Å². The average Bonchev–Trinajstić information content (AvgIpc) is 2.65. The fourth-order valence-corrected chi connectivity index (χ4v) is 3.40. The molecule has 1 fully saturated rings. The Bertz CT molecular complexity index is 583. The third kappa shape index (κ3) is 6.04. The molecule has 0 radical (unpaired) electrons. The molecule has 1 aliphatic rings. The molecule has 1 N–H and O–H groups in total. The van der Waals surface area contributed by atoms with Crippen LogP contribution in [-0.2, 0) is 16.0 Å². The number of nitrogens with one attached hydrogen (secondary N) is 1. The van der Waals surface area contributed by atoms with Gasteiger partial charge in [-0.05, 0) is 49.8 Å². The minimum atomic E-state index is -0.0519. The number of likely N-dealkylation sites (tertiary alicyclic amines) is 1. The maximum atomic E-state index is 12.4. The maximum Gasteiger partial charge on any atom is 0.224 e. The molecule has 26 heavy (non-hydrogen) atoms. The normalized spacial score (nSPS) is 17.0. The molecular formula is C21H33N3O2. The molecule has 1 aromatic carbocycles. The number of carbonyl (C=O) groups is 2. The summed E-state index contributed by atoms with van der Waals surface area (Å²) in [5, 5.41) is 3.06. The number of rotatable bonds is 8. The van der Waals surface area contributed by atoms with Gasteiger partial charge in [-0.15, -0.1) is 0 Å². The standard InChI is InChI=1S/C21H33N3O2/c1-4-7-20(25)24-15-6-9-18(16-24)21(26)22-14-5-8-17-10-12-19(13-11-17)23(2)3/h10-13,18H,4-9,14-16H2,1-3H3,(H,22,26)/t18-/m1/s1. The molecule has 144 valence electrons. The number of hydrogen-bond donors (Lipinski definition) is 1. The zero-order valence-electron chi connectivity index (χ0n) is 16.5. The fraction of sp³-hybridized carbons (Fsp3) is 0.619. The second kappa shape index (κ2) is 10.2. The minimum Gasteiger partial charge on any atom is -0.378 e. The van der Waals surface area contributed by atoms with Crippen molar-refractivity contribution >= 4 is 17.5 Å². The Hall–Kier alpha value is -2.04. The lowest BCUT2D eigenvalue weighted by Crippen LogP contribution is -2.45. The van der Waals surface area contributed by atoms with Crippen molar-refractivity contribution in [2.24, 2.45) is 5.92 Å². The van der Waals surface area contributed by atoms with Crippen molar-refractivity contribution in [2.45, 2.75) is 45.4 Å². The molecule has 0 aromatic heterocycles. The van der Waals surface area contributed by atoms with E-state index in [1.165, 1.54) is 11.3 Å². The Labute approximate surface area is 157 Å². The summed E-state index contributed by atoms with van der Waals surface area (Å²) in [5.74, 6) is 0.233. The van der Waals surface area contributed by atoms with E-state index in [-0.39, 0.29) is 17.7 Å². The van der Waals surface area contributed by atoms with Gasteiger partial charge < -0.3 is 15.1 Å². The van der Waals surface area contributed by atoms with Crippen molar-refractivity contribution in [2.75, 3.05) is 38.6 Å². The van der Waals surface area contributed by atoms with E-state index < -0.39 is 0 Å². The monoisotopic (exact) mass is 359 g/mol. The predicted octanol–water partition coefficient (Wildman–Crippen LogP) is 2.84. The van der Waals surface area contributed by atoms with Crippen molar-refractivity contribution in [1.29, 1.82) is 0 Å². The van der Waals surface area contributed by atoms with Crippen LogP contribution < -0.4 is 10.2 Å². The lowest BCUT2D eigenvalue weighted by atomic mass is 9.96. The van der Waals surface area contributed by atoms with E-state index in [0.29, 0.717) is 19.5 Å². The molecule has 0 spiro atoms. The Kier molecular flexibility index (Phi) is 7.95. The van der Waals surface area contributed by atoms with Crippen LogP contribution in [0.15, 0.2) is 24.3 Å². The van der Waals surface area contributed by atoms with Crippen LogP contribution in [-0.4, -0.2) is 50.4 Å². The van der Waals surface area contributed by atoms with Crippen LogP contribution in [0.3, 0.4) is 0 Å². The van der Waals surface area contributed by atoms with Gasteiger partial charge in [0, 0.05) is 45.8 Å². The molecule has 0 bridgehead atoms. The summed E-state index contributed by atoms with van der Waals surface area (Å²) < 4.78 is 0. The number of carbonyl (C=O) groups excluding carboxylic acids is 2. The van der Waals surface area contributed by atoms with Crippen molar-refractivity contribution < 1.29 is 9.59 Å². The summed E-state index contributed by atoms with van der Waals surface area (Å²) in [6.45, 7) is 4.08. The van der Waals surface area contributed by atoms with E-state index >= 15 is 0 Å². The quantitative estimate of drug-likeness (QED) is 0.726. The molecule has 2 rings (SSSR count). The number of anilines is 1. The molecule has 0 unspecified atom stereocenters. The fourth-order valence-electron chi connectivity index (χ4n) is 3.40. The predicted molar refractivity (Wildman–Crippen MR) is 106 cm³/mol. The molecular weight excluding hydrogens is 326 g/mol. The molecule has 1 atom stereocenters. The highest BCUT2D eigenvalue weighted by Gasteiger charge is 2.27. The van der Waals surface area contributed by atoms with Gasteiger partial charge in [0.1, 0.15) is 0 Å².